The fourth-order valence-electron chi connectivity index (χ4n) is 2.28. The minimum Gasteiger partial charge on any atom is -0.293 e. The molecule has 0 unspecified atom stereocenters. The third-order valence-electron chi connectivity index (χ3n) is 3.41. The molecule has 22 heavy (non-hydrogen) atoms. The van der Waals surface area contributed by atoms with Crippen LogP contribution in [0, 0.1) is 0 Å². The number of hydrogen-bond donors (Lipinski definition) is 0. The molecule has 2 aromatic carbocycles. The van der Waals surface area contributed by atoms with Gasteiger partial charge in [0.1, 0.15) is 0 Å². The van der Waals surface area contributed by atoms with E-state index in [1.807, 2.05) is 72.8 Å². The number of carbonyl (C=O) groups is 1. The minimum atomic E-state index is 0.0526. The van der Waals surface area contributed by atoms with E-state index in [-0.39, 0.29) is 5.78 Å². The molecular formula is C19H14BrNO. The number of hydrogen-bond acceptors (Lipinski definition) is 2. The molecule has 0 N–H and O–H groups in total. The second-order valence-corrected chi connectivity index (χ2v) is 5.48. The van der Waals surface area contributed by atoms with E-state index in [0.717, 1.165) is 22.5 Å². The van der Waals surface area contributed by atoms with Gasteiger partial charge in [-0.25, -0.2) is 4.98 Å². The first-order valence-corrected chi connectivity index (χ1v) is 8.12. The fraction of sp³-hybridized carbons (Fsp3) is 0.0526. The van der Waals surface area contributed by atoms with E-state index >= 15 is 0 Å². The van der Waals surface area contributed by atoms with Crippen LogP contribution in [0.3, 0.4) is 0 Å². The van der Waals surface area contributed by atoms with Gasteiger partial charge in [0.2, 0.25) is 0 Å². The number of nitrogens with zero attached hydrogens (tertiary/aromatic N) is 1. The molecule has 0 fully saturated rings. The van der Waals surface area contributed by atoms with Gasteiger partial charge in [0.05, 0.1) is 16.7 Å². The van der Waals surface area contributed by atoms with Crippen LogP contribution in [0.25, 0.3) is 22.5 Å². The van der Waals surface area contributed by atoms with Crippen LogP contribution < -0.4 is 0 Å². The van der Waals surface area contributed by atoms with Crippen LogP contribution in [-0.2, 0) is 0 Å². The van der Waals surface area contributed by atoms with Crippen LogP contribution in [0.4, 0.5) is 0 Å². The van der Waals surface area contributed by atoms with Crippen LogP contribution in [0.1, 0.15) is 10.4 Å². The summed E-state index contributed by atoms with van der Waals surface area (Å²) in [6.07, 6.45) is 0. The zero-order valence-corrected chi connectivity index (χ0v) is 13.5. The van der Waals surface area contributed by atoms with E-state index in [4.69, 9.17) is 4.98 Å². The van der Waals surface area contributed by atoms with Crippen molar-refractivity contribution >= 4 is 21.7 Å². The number of halogens is 1. The Hall–Kier alpha value is -2.26. The molecule has 1 heterocycles. The Labute approximate surface area is 138 Å². The van der Waals surface area contributed by atoms with Crippen molar-refractivity contribution in [3.05, 3.63) is 78.4 Å². The van der Waals surface area contributed by atoms with Crippen molar-refractivity contribution in [1.82, 2.24) is 4.98 Å². The van der Waals surface area contributed by atoms with Crippen molar-refractivity contribution in [2.75, 3.05) is 5.33 Å². The first-order valence-electron chi connectivity index (χ1n) is 7.00. The molecule has 1 aromatic heterocycles. The number of carbonyl (C=O) groups excluding carboxylic acids is 1. The van der Waals surface area contributed by atoms with Gasteiger partial charge in [0, 0.05) is 16.7 Å². The maximum Gasteiger partial charge on any atom is 0.173 e. The molecule has 0 radical (unpaired) electrons. The van der Waals surface area contributed by atoms with Crippen LogP contribution in [0.5, 0.6) is 0 Å². The smallest absolute Gasteiger partial charge is 0.173 e. The van der Waals surface area contributed by atoms with Crippen LogP contribution in [0.15, 0.2) is 72.8 Å². The number of Topliss-reactive ketones (excluding diaryl/α,β-unsaturated/α-hetero) is 1. The summed E-state index contributed by atoms with van der Waals surface area (Å²) in [6, 6.07) is 23.5. The first kappa shape index (κ1) is 14.7. The molecule has 0 amide bonds. The number of ketones is 1. The highest BCUT2D eigenvalue weighted by molar-refractivity contribution is 9.09. The topological polar surface area (TPSA) is 30.0 Å². The lowest BCUT2D eigenvalue weighted by molar-refractivity contribution is 0.102. The first-order chi connectivity index (χ1) is 10.8. The van der Waals surface area contributed by atoms with E-state index in [2.05, 4.69) is 15.9 Å². The number of rotatable bonds is 4. The maximum absolute atomic E-state index is 12.1. The molecule has 0 aliphatic heterocycles. The van der Waals surface area contributed by atoms with Gasteiger partial charge < -0.3 is 0 Å². The highest BCUT2D eigenvalue weighted by atomic mass is 79.9. The van der Waals surface area contributed by atoms with E-state index in [1.54, 1.807) is 0 Å². The van der Waals surface area contributed by atoms with E-state index in [1.165, 1.54) is 0 Å². The SMILES string of the molecule is O=C(CBr)c1cc(-c2ccccc2)nc(-c2ccccc2)c1. The molecule has 2 nitrogen and oxygen atoms in total. The zero-order valence-electron chi connectivity index (χ0n) is 11.9. The van der Waals surface area contributed by atoms with Crippen molar-refractivity contribution in [2.45, 2.75) is 0 Å². The molecule has 108 valence electrons. The number of benzene rings is 2. The molecule has 0 saturated carbocycles. The minimum absolute atomic E-state index is 0.0526. The van der Waals surface area contributed by atoms with Gasteiger partial charge >= 0.3 is 0 Å². The Morgan fingerprint density at radius 3 is 1.68 bits per heavy atom. The third kappa shape index (κ3) is 3.15. The number of alkyl halides is 1. The molecule has 3 heteroatoms. The Kier molecular flexibility index (Phi) is 4.45. The molecule has 3 rings (SSSR count). The summed E-state index contributed by atoms with van der Waals surface area (Å²) >= 11 is 3.24. The second kappa shape index (κ2) is 6.67. The average Bonchev–Trinajstić information content (AvgIpc) is 2.62. The molecule has 3 aromatic rings. The Balaban J connectivity index is 2.17. The van der Waals surface area contributed by atoms with Crippen LogP contribution >= 0.6 is 15.9 Å². The number of pyridine rings is 1. The van der Waals surface area contributed by atoms with Gasteiger partial charge in [-0.05, 0) is 12.1 Å². The standard InChI is InChI=1S/C19H14BrNO/c20-13-19(22)16-11-17(14-7-3-1-4-8-14)21-18(12-16)15-9-5-2-6-10-15/h1-12H,13H2. The molecule has 0 bridgehead atoms. The molecule has 0 saturated heterocycles. The molecular weight excluding hydrogens is 338 g/mol. The summed E-state index contributed by atoms with van der Waals surface area (Å²) in [4.78, 5) is 16.8. The lowest BCUT2D eigenvalue weighted by Crippen LogP contribution is -2.02. The average molecular weight is 352 g/mol. The van der Waals surface area contributed by atoms with Crippen molar-refractivity contribution in [3.8, 4) is 22.5 Å². The van der Waals surface area contributed by atoms with Gasteiger partial charge in [-0.3, -0.25) is 4.79 Å². The molecule has 0 spiro atoms. The fourth-order valence-corrected chi connectivity index (χ4v) is 2.61. The summed E-state index contributed by atoms with van der Waals surface area (Å²) in [7, 11) is 0. The molecule has 0 aliphatic rings. The highest BCUT2D eigenvalue weighted by Crippen LogP contribution is 2.25. The summed E-state index contributed by atoms with van der Waals surface area (Å²) < 4.78 is 0. The summed E-state index contributed by atoms with van der Waals surface area (Å²) in [5.74, 6) is 0.0526. The second-order valence-electron chi connectivity index (χ2n) is 4.92. The van der Waals surface area contributed by atoms with Gasteiger partial charge in [-0.2, -0.15) is 0 Å². The normalized spacial score (nSPS) is 10.4. The van der Waals surface area contributed by atoms with E-state index < -0.39 is 0 Å². The third-order valence-corrected chi connectivity index (χ3v) is 3.92. The molecule has 0 aliphatic carbocycles. The summed E-state index contributed by atoms with van der Waals surface area (Å²) in [5.41, 5.74) is 4.30. The van der Waals surface area contributed by atoms with Crippen molar-refractivity contribution in [1.29, 1.82) is 0 Å². The van der Waals surface area contributed by atoms with Crippen molar-refractivity contribution < 1.29 is 4.79 Å². The Bertz CT molecular complexity index is 727. The molecule has 0 atom stereocenters. The predicted octanol–water partition coefficient (Wildman–Crippen LogP) is 4.99. The van der Waals surface area contributed by atoms with E-state index in [9.17, 15) is 4.79 Å². The van der Waals surface area contributed by atoms with Crippen LogP contribution in [0.2, 0.25) is 0 Å². The lowest BCUT2D eigenvalue weighted by atomic mass is 10.0. The van der Waals surface area contributed by atoms with Gasteiger partial charge in [-0.1, -0.05) is 76.6 Å². The van der Waals surface area contributed by atoms with Gasteiger partial charge in [0.15, 0.2) is 5.78 Å². The quantitative estimate of drug-likeness (QED) is 0.489. The zero-order chi connectivity index (χ0) is 15.4. The lowest BCUT2D eigenvalue weighted by Gasteiger charge is -2.08. The maximum atomic E-state index is 12.1. The predicted molar refractivity (Wildman–Crippen MR) is 93.2 cm³/mol. The van der Waals surface area contributed by atoms with Gasteiger partial charge in [0.25, 0.3) is 0 Å². The van der Waals surface area contributed by atoms with Crippen LogP contribution in [-0.4, -0.2) is 16.1 Å². The summed E-state index contributed by atoms with van der Waals surface area (Å²) in [5, 5.41) is 0.305. The van der Waals surface area contributed by atoms with E-state index in [0.29, 0.717) is 10.9 Å². The summed E-state index contributed by atoms with van der Waals surface area (Å²) in [6.45, 7) is 0. The Morgan fingerprint density at radius 1 is 0.818 bits per heavy atom. The highest BCUT2D eigenvalue weighted by Gasteiger charge is 2.11. The van der Waals surface area contributed by atoms with Crippen molar-refractivity contribution in [3.63, 3.8) is 0 Å². The Morgan fingerprint density at radius 2 is 1.27 bits per heavy atom. The monoisotopic (exact) mass is 351 g/mol. The van der Waals surface area contributed by atoms with Crippen molar-refractivity contribution in [2.24, 2.45) is 0 Å². The largest absolute Gasteiger partial charge is 0.293 e. The van der Waals surface area contributed by atoms with Gasteiger partial charge in [-0.15, -0.1) is 0 Å². The number of aromatic nitrogens is 1.